The van der Waals surface area contributed by atoms with Crippen molar-refractivity contribution in [2.24, 2.45) is 0 Å². The van der Waals surface area contributed by atoms with Gasteiger partial charge in [0.1, 0.15) is 0 Å². The van der Waals surface area contributed by atoms with Crippen LogP contribution < -0.4 is 5.32 Å². The van der Waals surface area contributed by atoms with Crippen molar-refractivity contribution in [1.29, 1.82) is 0 Å². The fraction of sp³-hybridized carbons (Fsp3) is 0.545. The molecule has 0 aliphatic rings. The molecule has 0 rings (SSSR count). The van der Waals surface area contributed by atoms with E-state index < -0.39 is 0 Å². The summed E-state index contributed by atoms with van der Waals surface area (Å²) in [6, 6.07) is 0. The molecule has 0 spiro atoms. The maximum Gasteiger partial charge on any atom is 0.217 e. The smallest absolute Gasteiger partial charge is 0.217 e. The van der Waals surface area contributed by atoms with E-state index >= 15 is 0 Å². The van der Waals surface area contributed by atoms with Crippen molar-refractivity contribution in [1.82, 2.24) is 5.32 Å². The summed E-state index contributed by atoms with van der Waals surface area (Å²) in [5.74, 6) is -0.0128. The molecule has 0 unspecified atom stereocenters. The van der Waals surface area contributed by atoms with Crippen LogP contribution in [-0.2, 0) is 4.79 Å². The molecule has 0 bridgehead atoms. The van der Waals surface area contributed by atoms with Gasteiger partial charge in [0.15, 0.2) is 0 Å². The lowest BCUT2D eigenvalue weighted by atomic mass is 10.2. The molecular weight excluding hydrogens is 162 g/mol. The second kappa shape index (κ2) is 11.0. The van der Waals surface area contributed by atoms with Gasteiger partial charge in [-0.3, -0.25) is 4.79 Å². The predicted octanol–water partition coefficient (Wildman–Crippen LogP) is 2.92. The van der Waals surface area contributed by atoms with Gasteiger partial charge in [0.25, 0.3) is 0 Å². The molecule has 0 radical (unpaired) electrons. The second-order valence-electron chi connectivity index (χ2n) is 2.68. The van der Waals surface area contributed by atoms with Crippen LogP contribution in [0.3, 0.4) is 0 Å². The van der Waals surface area contributed by atoms with Crippen molar-refractivity contribution in [3.8, 4) is 0 Å². The second-order valence-corrected chi connectivity index (χ2v) is 2.68. The Labute approximate surface area is 83.2 Å². The summed E-state index contributed by atoms with van der Waals surface area (Å²) < 4.78 is 0. The van der Waals surface area contributed by atoms with Crippen molar-refractivity contribution < 1.29 is 6.22 Å². The summed E-state index contributed by atoms with van der Waals surface area (Å²) in [5.41, 5.74) is 1.04. The minimum Gasteiger partial charge on any atom is -0.352 e. The van der Waals surface area contributed by atoms with Gasteiger partial charge in [-0.25, -0.2) is 0 Å². The highest BCUT2D eigenvalue weighted by atomic mass is 16.1. The quantitative estimate of drug-likeness (QED) is 0.673. The van der Waals surface area contributed by atoms with Crippen molar-refractivity contribution >= 4 is 5.91 Å². The number of amides is 1. The third-order valence-electron chi connectivity index (χ3n) is 1.17. The van der Waals surface area contributed by atoms with E-state index in [-0.39, 0.29) is 7.33 Å². The maximum atomic E-state index is 10.4. The van der Waals surface area contributed by atoms with E-state index in [1.165, 1.54) is 13.3 Å². The lowest BCUT2D eigenvalue weighted by Gasteiger charge is -2.00. The summed E-state index contributed by atoms with van der Waals surface area (Å²) in [6.07, 6.45) is 4.90. The Morgan fingerprint density at radius 3 is 2.23 bits per heavy atom. The molecule has 0 aromatic heterocycles. The van der Waals surface area contributed by atoms with E-state index in [0.717, 1.165) is 5.57 Å². The molecule has 0 heterocycles. The molecule has 0 fully saturated rings. The van der Waals surface area contributed by atoms with E-state index in [9.17, 15) is 4.79 Å². The summed E-state index contributed by atoms with van der Waals surface area (Å²) in [7, 11) is 0. The monoisotopic (exact) mass is 185 g/mol. The first kappa shape index (κ1) is 14.5. The average Bonchev–Trinajstić information content (AvgIpc) is 2.07. The average molecular weight is 185 g/mol. The molecule has 0 aliphatic carbocycles. The minimum atomic E-state index is -0.0128. The molecule has 0 saturated carbocycles. The van der Waals surface area contributed by atoms with Gasteiger partial charge in [-0.2, -0.15) is 0 Å². The van der Waals surface area contributed by atoms with Gasteiger partial charge in [0.2, 0.25) is 5.91 Å². The molecule has 0 aliphatic heterocycles. The van der Waals surface area contributed by atoms with Gasteiger partial charge in [-0.1, -0.05) is 39.0 Å². The van der Waals surface area contributed by atoms with Crippen molar-refractivity contribution in [3.63, 3.8) is 0 Å². The van der Waals surface area contributed by atoms with Crippen LogP contribution in [0.4, 0.5) is 0 Å². The zero-order valence-corrected chi connectivity index (χ0v) is 9.18. The molecule has 0 saturated heterocycles. The van der Waals surface area contributed by atoms with E-state index in [2.05, 4.69) is 25.7 Å². The van der Waals surface area contributed by atoms with Gasteiger partial charge in [-0.05, 0) is 12.5 Å². The number of rotatable bonds is 3. The van der Waals surface area contributed by atoms with Crippen LogP contribution in [0.5, 0.6) is 0 Å². The number of carbonyl (C=O) groups is 1. The summed E-state index contributed by atoms with van der Waals surface area (Å²) in [5, 5.41) is 2.67. The Morgan fingerprint density at radius 2 is 2.00 bits per heavy atom. The summed E-state index contributed by atoms with van der Waals surface area (Å²) >= 11 is 0. The Kier molecular flexibility index (Phi) is 12.2. The van der Waals surface area contributed by atoms with E-state index in [1.807, 2.05) is 13.0 Å². The Bertz CT molecular complexity index is 176. The number of hydrogen-bond acceptors (Lipinski definition) is 1. The fourth-order valence-corrected chi connectivity index (χ4v) is 0.519. The largest absolute Gasteiger partial charge is 0.352 e. The van der Waals surface area contributed by atoms with E-state index in [1.54, 1.807) is 6.08 Å². The van der Waals surface area contributed by atoms with Crippen LogP contribution in [-0.4, -0.2) is 12.5 Å². The normalized spacial score (nSPS) is 9.69. The molecule has 1 N–H and O–H groups in total. The van der Waals surface area contributed by atoms with Crippen LogP contribution in [0, 0.1) is 0 Å². The number of nitrogens with one attached hydrogen (secondary N) is 1. The van der Waals surface area contributed by atoms with Crippen molar-refractivity contribution in [2.45, 2.75) is 34.1 Å². The highest BCUT2D eigenvalue weighted by Gasteiger charge is 1.90. The topological polar surface area (TPSA) is 29.1 Å². The van der Waals surface area contributed by atoms with Crippen LogP contribution in [0.25, 0.3) is 0 Å². The zero-order valence-electron chi connectivity index (χ0n) is 9.18. The highest BCUT2D eigenvalue weighted by molar-refractivity contribution is 5.73. The van der Waals surface area contributed by atoms with Crippen LogP contribution in [0.2, 0.25) is 0 Å². The Morgan fingerprint density at radius 1 is 1.54 bits per heavy atom. The third-order valence-corrected chi connectivity index (χ3v) is 1.17. The van der Waals surface area contributed by atoms with Crippen molar-refractivity contribution in [2.75, 3.05) is 6.54 Å². The number of hydrogen-bond donors (Lipinski definition) is 1. The van der Waals surface area contributed by atoms with E-state index in [0.29, 0.717) is 6.54 Å². The first-order valence-electron chi connectivity index (χ1n) is 4.64. The molecular formula is C11H23NO. The van der Waals surface area contributed by atoms with E-state index in [4.69, 9.17) is 0 Å². The SMILES string of the molecule is C=C/C(=C\C)CNC(C)=O.CCC.[HH]. The molecule has 0 aromatic rings. The van der Waals surface area contributed by atoms with Crippen LogP contribution in [0.15, 0.2) is 24.3 Å². The van der Waals surface area contributed by atoms with Crippen molar-refractivity contribution in [3.05, 3.63) is 24.3 Å². The first-order chi connectivity index (χ1) is 6.12. The van der Waals surface area contributed by atoms with Gasteiger partial charge in [0, 0.05) is 14.9 Å². The molecule has 78 valence electrons. The van der Waals surface area contributed by atoms with Gasteiger partial charge >= 0.3 is 0 Å². The van der Waals surface area contributed by atoms with Gasteiger partial charge in [-0.15, -0.1) is 0 Å². The lowest BCUT2D eigenvalue weighted by Crippen LogP contribution is -2.21. The summed E-state index contributed by atoms with van der Waals surface area (Å²) in [4.78, 5) is 10.4. The lowest BCUT2D eigenvalue weighted by molar-refractivity contribution is -0.118. The number of carbonyl (C=O) groups excluding carboxylic acids is 1. The van der Waals surface area contributed by atoms with Gasteiger partial charge in [0.05, 0.1) is 0 Å². The molecule has 0 aromatic carbocycles. The summed E-state index contributed by atoms with van der Waals surface area (Å²) in [6.45, 7) is 11.8. The number of allylic oxidation sites excluding steroid dienone is 1. The molecule has 2 nitrogen and oxygen atoms in total. The van der Waals surface area contributed by atoms with Crippen LogP contribution >= 0.6 is 0 Å². The first-order valence-corrected chi connectivity index (χ1v) is 4.64. The minimum absolute atomic E-state index is 0. The van der Waals surface area contributed by atoms with Crippen LogP contribution in [0.1, 0.15) is 35.5 Å². The molecule has 1 amide bonds. The zero-order chi connectivity index (χ0) is 10.7. The third kappa shape index (κ3) is 13.9. The molecule has 0 atom stereocenters. The Hall–Kier alpha value is -1.05. The fourth-order valence-electron chi connectivity index (χ4n) is 0.519. The predicted molar refractivity (Wildman–Crippen MR) is 60.7 cm³/mol. The Balaban J connectivity index is -0.000000267. The maximum absolute atomic E-state index is 10.4. The highest BCUT2D eigenvalue weighted by Crippen LogP contribution is 1.91. The van der Waals surface area contributed by atoms with Gasteiger partial charge < -0.3 is 5.32 Å². The molecule has 2 heteroatoms. The standard InChI is InChI=1S/C8H13NO.C3H8.H2/c1-4-8(5-2)6-9-7(3)10;1-3-2;/h4-5H,1,6H2,2-3H3,(H,9,10);3H2,1-2H3;1H/b8-5+;;. The molecule has 13 heavy (non-hydrogen) atoms.